The Kier molecular flexibility index (Phi) is 7.41. The van der Waals surface area contributed by atoms with E-state index >= 15 is 0 Å². The summed E-state index contributed by atoms with van der Waals surface area (Å²) >= 11 is 1.81. The van der Waals surface area contributed by atoms with Crippen molar-refractivity contribution in [1.29, 1.82) is 0 Å². The summed E-state index contributed by atoms with van der Waals surface area (Å²) in [6.07, 6.45) is 6.74. The average molecular weight is 356 g/mol. The zero-order valence-corrected chi connectivity index (χ0v) is 16.3. The van der Waals surface area contributed by atoms with E-state index in [1.807, 2.05) is 23.5 Å². The number of aromatic nitrogens is 2. The molecular weight excluding hydrogens is 326 g/mol. The Hall–Kier alpha value is -1.91. The van der Waals surface area contributed by atoms with Gasteiger partial charge in [0.05, 0.1) is 17.9 Å². The van der Waals surface area contributed by atoms with Gasteiger partial charge in [0.15, 0.2) is 0 Å². The molecule has 0 unspecified atom stereocenters. The molecule has 2 aromatic rings. The zero-order chi connectivity index (χ0) is 18.2. The van der Waals surface area contributed by atoms with Crippen molar-refractivity contribution in [2.45, 2.75) is 39.9 Å². The third kappa shape index (κ3) is 5.28. The maximum atomic E-state index is 4.80. The third-order valence-corrected chi connectivity index (χ3v) is 5.02. The lowest BCUT2D eigenvalue weighted by atomic mass is 10.1. The van der Waals surface area contributed by atoms with E-state index in [2.05, 4.69) is 60.6 Å². The van der Waals surface area contributed by atoms with Crippen molar-refractivity contribution in [1.82, 2.24) is 14.5 Å². The van der Waals surface area contributed by atoms with E-state index in [0.717, 1.165) is 43.4 Å². The first kappa shape index (κ1) is 19.4. The summed E-state index contributed by atoms with van der Waals surface area (Å²) in [6.45, 7) is 19.8. The van der Waals surface area contributed by atoms with Gasteiger partial charge in [-0.05, 0) is 42.5 Å². The van der Waals surface area contributed by atoms with Crippen LogP contribution in [0.5, 0.6) is 0 Å². The van der Waals surface area contributed by atoms with Crippen LogP contribution in [0.25, 0.3) is 12.2 Å². The first-order valence-corrected chi connectivity index (χ1v) is 9.66. The van der Waals surface area contributed by atoms with Gasteiger partial charge in [-0.2, -0.15) is 0 Å². The number of hydrogen-bond donors (Lipinski definition) is 0. The van der Waals surface area contributed by atoms with Gasteiger partial charge in [-0.1, -0.05) is 39.1 Å². The highest BCUT2D eigenvalue weighted by Crippen LogP contribution is 2.20. The Balaban J connectivity index is 2.26. The minimum Gasteiger partial charge on any atom is -0.323 e. The second-order valence-electron chi connectivity index (χ2n) is 6.58. The summed E-state index contributed by atoms with van der Waals surface area (Å²) in [6, 6.07) is 4.32. The molecular formula is C21H29N3S. The summed E-state index contributed by atoms with van der Waals surface area (Å²) in [4.78, 5) is 8.67. The fraction of sp³-hybridized carbons (Fsp3) is 0.381. The van der Waals surface area contributed by atoms with Crippen molar-refractivity contribution in [3.05, 3.63) is 65.4 Å². The van der Waals surface area contributed by atoms with Crippen LogP contribution < -0.4 is 0 Å². The number of rotatable bonds is 11. The molecule has 0 radical (unpaired) electrons. The molecule has 0 atom stereocenters. The Morgan fingerprint density at radius 1 is 1.24 bits per heavy atom. The first-order valence-electron chi connectivity index (χ1n) is 8.78. The van der Waals surface area contributed by atoms with Gasteiger partial charge in [0, 0.05) is 18.0 Å². The molecule has 0 aliphatic heterocycles. The summed E-state index contributed by atoms with van der Waals surface area (Å²) < 4.78 is 2.19. The molecule has 0 fully saturated rings. The smallest absolute Gasteiger partial charge is 0.124 e. The van der Waals surface area contributed by atoms with Crippen LogP contribution in [-0.2, 0) is 19.6 Å². The van der Waals surface area contributed by atoms with Crippen molar-refractivity contribution in [3.63, 3.8) is 0 Å². The molecule has 134 valence electrons. The molecule has 25 heavy (non-hydrogen) atoms. The normalized spacial score (nSPS) is 11.2. The molecule has 3 nitrogen and oxygen atoms in total. The van der Waals surface area contributed by atoms with Crippen LogP contribution in [0.1, 0.15) is 42.4 Å². The maximum Gasteiger partial charge on any atom is 0.124 e. The molecule has 0 bridgehead atoms. The molecule has 2 rings (SSSR count). The Morgan fingerprint density at radius 3 is 2.60 bits per heavy atom. The second kappa shape index (κ2) is 9.54. The monoisotopic (exact) mass is 355 g/mol. The molecule has 0 aliphatic rings. The summed E-state index contributed by atoms with van der Waals surface area (Å²) in [5.74, 6) is 1.73. The first-order chi connectivity index (χ1) is 12.1. The molecule has 0 amide bonds. The molecule has 0 aliphatic carbocycles. The van der Waals surface area contributed by atoms with Crippen LogP contribution >= 0.6 is 11.3 Å². The van der Waals surface area contributed by atoms with Gasteiger partial charge in [0.25, 0.3) is 0 Å². The van der Waals surface area contributed by atoms with Crippen LogP contribution in [-0.4, -0.2) is 21.0 Å². The Bertz CT molecular complexity index is 695. The quantitative estimate of drug-likeness (QED) is 0.499. The van der Waals surface area contributed by atoms with Crippen molar-refractivity contribution < 1.29 is 0 Å². The van der Waals surface area contributed by atoms with Crippen LogP contribution in [0.4, 0.5) is 0 Å². The molecule has 0 aromatic carbocycles. The lowest BCUT2D eigenvalue weighted by molar-refractivity contribution is 0.234. The van der Waals surface area contributed by atoms with Gasteiger partial charge >= 0.3 is 0 Å². The number of hydrogen-bond acceptors (Lipinski definition) is 3. The average Bonchev–Trinajstić information content (AvgIpc) is 3.21. The van der Waals surface area contributed by atoms with E-state index < -0.39 is 0 Å². The third-order valence-electron chi connectivity index (χ3n) is 4.16. The standard InChI is InChI=1S/C21H29N3S/c1-6-12-24-20(8-3)19(7-2)22-21(24)16-23(13-11-17(4)5)15-18-10-9-14-25-18/h6-10,14,17H,1-3,11-13,15-16H2,4-5H3. The number of imidazole rings is 1. The van der Waals surface area contributed by atoms with E-state index in [4.69, 9.17) is 4.98 Å². The molecule has 2 heterocycles. The highest BCUT2D eigenvalue weighted by Gasteiger charge is 2.16. The van der Waals surface area contributed by atoms with Crippen LogP contribution in [0.2, 0.25) is 0 Å². The predicted molar refractivity (Wildman–Crippen MR) is 110 cm³/mol. The van der Waals surface area contributed by atoms with Gasteiger partial charge in [-0.3, -0.25) is 4.90 Å². The SMILES string of the molecule is C=CCn1c(CN(CCC(C)C)Cc2cccs2)nc(C=C)c1C=C. The van der Waals surface area contributed by atoms with Crippen LogP contribution in [0.3, 0.4) is 0 Å². The summed E-state index contributed by atoms with van der Waals surface area (Å²) in [5.41, 5.74) is 1.91. The zero-order valence-electron chi connectivity index (χ0n) is 15.4. The van der Waals surface area contributed by atoms with Crippen LogP contribution in [0, 0.1) is 5.92 Å². The van der Waals surface area contributed by atoms with E-state index in [-0.39, 0.29) is 0 Å². The highest BCUT2D eigenvalue weighted by atomic mass is 32.1. The maximum absolute atomic E-state index is 4.80. The second-order valence-corrected chi connectivity index (χ2v) is 7.61. The molecule has 4 heteroatoms. The number of nitrogens with zero attached hydrogens (tertiary/aromatic N) is 3. The Labute approximate surface area is 156 Å². The van der Waals surface area contributed by atoms with Crippen molar-refractivity contribution in [2.24, 2.45) is 5.92 Å². The van der Waals surface area contributed by atoms with Crippen molar-refractivity contribution in [3.8, 4) is 0 Å². The molecule has 0 saturated heterocycles. The minimum atomic E-state index is 0.686. The molecule has 0 spiro atoms. The van der Waals surface area contributed by atoms with Crippen molar-refractivity contribution in [2.75, 3.05) is 6.54 Å². The summed E-state index contributed by atoms with van der Waals surface area (Å²) in [7, 11) is 0. The Morgan fingerprint density at radius 2 is 2.04 bits per heavy atom. The lowest BCUT2D eigenvalue weighted by Gasteiger charge is -2.23. The lowest BCUT2D eigenvalue weighted by Crippen LogP contribution is -2.26. The molecule has 0 N–H and O–H groups in total. The number of allylic oxidation sites excluding steroid dienone is 1. The number of thiophene rings is 1. The predicted octanol–water partition coefficient (Wildman–Crippen LogP) is 5.46. The minimum absolute atomic E-state index is 0.686. The molecule has 0 saturated carbocycles. The van der Waals surface area contributed by atoms with E-state index in [0.29, 0.717) is 5.92 Å². The van der Waals surface area contributed by atoms with Gasteiger partial charge in [0.1, 0.15) is 5.82 Å². The largest absolute Gasteiger partial charge is 0.323 e. The van der Waals surface area contributed by atoms with Gasteiger partial charge in [0.2, 0.25) is 0 Å². The van der Waals surface area contributed by atoms with Crippen LogP contribution in [0.15, 0.2) is 43.3 Å². The fourth-order valence-electron chi connectivity index (χ4n) is 2.83. The van der Waals surface area contributed by atoms with E-state index in [9.17, 15) is 0 Å². The topological polar surface area (TPSA) is 21.1 Å². The van der Waals surface area contributed by atoms with Gasteiger partial charge < -0.3 is 4.57 Å². The molecule has 2 aromatic heterocycles. The van der Waals surface area contributed by atoms with Crippen molar-refractivity contribution >= 4 is 23.5 Å². The summed E-state index contributed by atoms with van der Waals surface area (Å²) in [5, 5.41) is 2.14. The van der Waals surface area contributed by atoms with E-state index in [1.54, 1.807) is 6.08 Å². The van der Waals surface area contributed by atoms with Gasteiger partial charge in [-0.25, -0.2) is 4.98 Å². The highest BCUT2D eigenvalue weighted by molar-refractivity contribution is 7.09. The fourth-order valence-corrected chi connectivity index (χ4v) is 3.58. The van der Waals surface area contributed by atoms with Gasteiger partial charge in [-0.15, -0.1) is 17.9 Å². The van der Waals surface area contributed by atoms with E-state index in [1.165, 1.54) is 11.3 Å².